The maximum atomic E-state index is 13.6. The van der Waals surface area contributed by atoms with Crippen molar-refractivity contribution in [3.63, 3.8) is 0 Å². The molecule has 0 aliphatic heterocycles. The van der Waals surface area contributed by atoms with Crippen molar-refractivity contribution < 1.29 is 23.1 Å². The Morgan fingerprint density at radius 1 is 1.27 bits per heavy atom. The lowest BCUT2D eigenvalue weighted by molar-refractivity contribution is -0.137. The highest BCUT2D eigenvalue weighted by Crippen LogP contribution is 2.25. The fourth-order valence-corrected chi connectivity index (χ4v) is 1.58. The van der Waals surface area contributed by atoms with E-state index < -0.39 is 23.4 Å². The molecule has 3 N–H and O–H groups in total. The third-order valence-corrected chi connectivity index (χ3v) is 2.61. The summed E-state index contributed by atoms with van der Waals surface area (Å²) < 4.78 is 31.7. The summed E-state index contributed by atoms with van der Waals surface area (Å²) in [5, 5.41) is 2.26. The van der Waals surface area contributed by atoms with Crippen LogP contribution in [0.5, 0.6) is 11.6 Å². The molecule has 114 valence electrons. The van der Waals surface area contributed by atoms with E-state index in [4.69, 9.17) is 10.5 Å². The number of ether oxygens (including phenoxy) is 1. The molecule has 22 heavy (non-hydrogen) atoms. The molecule has 0 atom stereocenters. The number of amides is 2. The zero-order valence-corrected chi connectivity index (χ0v) is 11.2. The maximum Gasteiger partial charge on any atom is 0.309 e. The van der Waals surface area contributed by atoms with Crippen molar-refractivity contribution in [1.29, 1.82) is 0 Å². The predicted molar refractivity (Wildman–Crippen MR) is 71.7 cm³/mol. The van der Waals surface area contributed by atoms with E-state index in [9.17, 15) is 18.4 Å². The Morgan fingerprint density at radius 3 is 2.73 bits per heavy atom. The lowest BCUT2D eigenvalue weighted by Gasteiger charge is -2.10. The molecule has 0 radical (unpaired) electrons. The minimum Gasteiger partial charge on any atom is -0.436 e. The molecule has 2 amide bonds. The fourth-order valence-electron chi connectivity index (χ4n) is 1.58. The Balaban J connectivity index is 2.17. The Kier molecular flexibility index (Phi) is 4.62. The molecule has 8 heteroatoms. The van der Waals surface area contributed by atoms with Crippen LogP contribution in [0.3, 0.4) is 0 Å². The summed E-state index contributed by atoms with van der Waals surface area (Å²) in [6, 6.07) is 5.96. The maximum absolute atomic E-state index is 13.6. The smallest absolute Gasteiger partial charge is 0.309 e. The van der Waals surface area contributed by atoms with Crippen LogP contribution in [-0.2, 0) is 16.1 Å². The molecule has 1 heterocycles. The fraction of sp³-hybridized carbons (Fsp3) is 0.0714. The highest BCUT2D eigenvalue weighted by atomic mass is 19.1. The van der Waals surface area contributed by atoms with Gasteiger partial charge >= 0.3 is 11.8 Å². The number of primary amides is 1. The SMILES string of the molecule is NC(=O)C(=O)NCc1cccnc1Oc1ccc(F)cc1F. The molecule has 0 saturated carbocycles. The zero-order chi connectivity index (χ0) is 16.1. The summed E-state index contributed by atoms with van der Waals surface area (Å²) in [7, 11) is 0. The summed E-state index contributed by atoms with van der Waals surface area (Å²) in [5.41, 5.74) is 5.20. The van der Waals surface area contributed by atoms with Gasteiger partial charge < -0.3 is 15.8 Å². The Hall–Kier alpha value is -3.03. The van der Waals surface area contributed by atoms with Crippen LogP contribution >= 0.6 is 0 Å². The van der Waals surface area contributed by atoms with Gasteiger partial charge in [-0.1, -0.05) is 6.07 Å². The Labute approximate surface area is 123 Å². The van der Waals surface area contributed by atoms with Crippen molar-refractivity contribution in [3.8, 4) is 11.6 Å². The largest absolute Gasteiger partial charge is 0.436 e. The van der Waals surface area contributed by atoms with Crippen LogP contribution in [0.4, 0.5) is 8.78 Å². The number of benzene rings is 1. The number of hydrogen-bond acceptors (Lipinski definition) is 4. The van der Waals surface area contributed by atoms with Crippen molar-refractivity contribution in [2.45, 2.75) is 6.54 Å². The van der Waals surface area contributed by atoms with Crippen LogP contribution in [-0.4, -0.2) is 16.8 Å². The Morgan fingerprint density at radius 2 is 2.05 bits per heavy atom. The summed E-state index contributed by atoms with van der Waals surface area (Å²) in [4.78, 5) is 25.7. The quantitative estimate of drug-likeness (QED) is 0.831. The minimum atomic E-state index is -1.13. The molecule has 0 fully saturated rings. The second-order valence-corrected chi connectivity index (χ2v) is 4.19. The molecule has 0 bridgehead atoms. The summed E-state index contributed by atoms with van der Waals surface area (Å²) in [6.07, 6.45) is 1.40. The van der Waals surface area contributed by atoms with Gasteiger partial charge in [-0.2, -0.15) is 0 Å². The van der Waals surface area contributed by atoms with Gasteiger partial charge in [0, 0.05) is 24.4 Å². The minimum absolute atomic E-state index is 0.0118. The topological polar surface area (TPSA) is 94.3 Å². The van der Waals surface area contributed by atoms with Gasteiger partial charge in [-0.25, -0.2) is 13.8 Å². The molecule has 1 aromatic heterocycles. The van der Waals surface area contributed by atoms with Crippen LogP contribution in [0.2, 0.25) is 0 Å². The number of hydrogen-bond donors (Lipinski definition) is 2. The molecule has 0 unspecified atom stereocenters. The van der Waals surface area contributed by atoms with Crippen LogP contribution in [0.25, 0.3) is 0 Å². The third kappa shape index (κ3) is 3.75. The van der Waals surface area contributed by atoms with Crippen molar-refractivity contribution >= 4 is 11.8 Å². The lowest BCUT2D eigenvalue weighted by Crippen LogP contribution is -2.35. The molecule has 0 aliphatic carbocycles. The van der Waals surface area contributed by atoms with Gasteiger partial charge in [0.25, 0.3) is 0 Å². The number of pyridine rings is 1. The highest BCUT2D eigenvalue weighted by Gasteiger charge is 2.13. The van der Waals surface area contributed by atoms with Gasteiger partial charge in [-0.15, -0.1) is 0 Å². The molecular weight excluding hydrogens is 296 g/mol. The van der Waals surface area contributed by atoms with E-state index in [0.717, 1.165) is 12.1 Å². The molecular formula is C14H11F2N3O3. The van der Waals surface area contributed by atoms with Crippen LogP contribution in [0.15, 0.2) is 36.5 Å². The second kappa shape index (κ2) is 6.61. The van der Waals surface area contributed by atoms with E-state index in [0.29, 0.717) is 11.6 Å². The standard InChI is InChI=1S/C14H11F2N3O3/c15-9-3-4-11(10(16)6-9)22-14-8(2-1-5-18-14)7-19-13(21)12(17)20/h1-6H,7H2,(H2,17,20)(H,19,21). The number of rotatable bonds is 4. The molecule has 0 saturated heterocycles. The number of carbonyl (C=O) groups excluding carboxylic acids is 2. The van der Waals surface area contributed by atoms with Crippen molar-refractivity contribution in [2.24, 2.45) is 5.73 Å². The van der Waals surface area contributed by atoms with Crippen LogP contribution in [0.1, 0.15) is 5.56 Å². The number of nitrogens with two attached hydrogens (primary N) is 1. The van der Waals surface area contributed by atoms with E-state index in [1.165, 1.54) is 6.20 Å². The van der Waals surface area contributed by atoms with Gasteiger partial charge in [-0.05, 0) is 18.2 Å². The first-order chi connectivity index (χ1) is 10.5. The van der Waals surface area contributed by atoms with Crippen molar-refractivity contribution in [2.75, 3.05) is 0 Å². The van der Waals surface area contributed by atoms with Gasteiger partial charge in [0.05, 0.1) is 0 Å². The average Bonchev–Trinajstić information content (AvgIpc) is 2.48. The van der Waals surface area contributed by atoms with E-state index >= 15 is 0 Å². The first kappa shape index (κ1) is 15.4. The molecule has 0 aliphatic rings. The van der Waals surface area contributed by atoms with Crippen LogP contribution < -0.4 is 15.8 Å². The predicted octanol–water partition coefficient (Wildman–Crippen LogP) is 1.25. The second-order valence-electron chi connectivity index (χ2n) is 4.19. The first-order valence-corrected chi connectivity index (χ1v) is 6.12. The number of halogens is 2. The third-order valence-electron chi connectivity index (χ3n) is 2.61. The zero-order valence-electron chi connectivity index (χ0n) is 11.2. The molecule has 1 aromatic carbocycles. The number of nitrogens with one attached hydrogen (secondary N) is 1. The molecule has 0 spiro atoms. The van der Waals surface area contributed by atoms with Crippen LogP contribution in [0, 0.1) is 11.6 Å². The summed E-state index contributed by atoms with van der Waals surface area (Å²) >= 11 is 0. The van der Waals surface area contributed by atoms with Gasteiger partial charge in [0.1, 0.15) is 5.82 Å². The van der Waals surface area contributed by atoms with Gasteiger partial charge in [0.15, 0.2) is 11.6 Å². The van der Waals surface area contributed by atoms with Gasteiger partial charge in [0.2, 0.25) is 5.88 Å². The summed E-state index contributed by atoms with van der Waals surface area (Å²) in [5.74, 6) is -3.93. The molecule has 6 nitrogen and oxygen atoms in total. The summed E-state index contributed by atoms with van der Waals surface area (Å²) in [6.45, 7) is -0.0895. The highest BCUT2D eigenvalue weighted by molar-refractivity contribution is 6.34. The van der Waals surface area contributed by atoms with E-state index in [2.05, 4.69) is 10.3 Å². The number of nitrogens with zero attached hydrogens (tertiary/aromatic N) is 1. The lowest BCUT2D eigenvalue weighted by atomic mass is 10.2. The van der Waals surface area contributed by atoms with E-state index in [-0.39, 0.29) is 18.2 Å². The van der Waals surface area contributed by atoms with E-state index in [1.807, 2.05) is 0 Å². The average molecular weight is 307 g/mol. The number of carbonyl (C=O) groups is 2. The number of aromatic nitrogens is 1. The van der Waals surface area contributed by atoms with Crippen molar-refractivity contribution in [3.05, 3.63) is 53.7 Å². The Bertz CT molecular complexity index is 722. The normalized spacial score (nSPS) is 10.1. The van der Waals surface area contributed by atoms with Gasteiger partial charge in [-0.3, -0.25) is 9.59 Å². The molecule has 2 rings (SSSR count). The molecule has 2 aromatic rings. The monoisotopic (exact) mass is 307 g/mol. The van der Waals surface area contributed by atoms with Crippen molar-refractivity contribution in [1.82, 2.24) is 10.3 Å². The van der Waals surface area contributed by atoms with E-state index in [1.54, 1.807) is 12.1 Å². The first-order valence-electron chi connectivity index (χ1n) is 6.12.